The normalized spacial score (nSPS) is 10.9. The van der Waals surface area contributed by atoms with Gasteiger partial charge < -0.3 is 0 Å². The molecule has 0 fully saturated rings. The van der Waals surface area contributed by atoms with Gasteiger partial charge in [0.1, 0.15) is 0 Å². The molecule has 3 rings (SSSR count). The highest BCUT2D eigenvalue weighted by Gasteiger charge is 2.09. The number of hydrogen-bond donors (Lipinski definition) is 0. The van der Waals surface area contributed by atoms with Gasteiger partial charge in [-0.1, -0.05) is 59.7 Å². The molecule has 122 valence electrons. The zero-order chi connectivity index (χ0) is 17.4. The van der Waals surface area contributed by atoms with Crippen molar-refractivity contribution < 1.29 is 0 Å². The highest BCUT2D eigenvalue weighted by atomic mass is 14.1. The number of aryl methyl sites for hydroxylation is 6. The Balaban J connectivity index is 2.07. The zero-order valence-electron chi connectivity index (χ0n) is 15.6. The van der Waals surface area contributed by atoms with Crippen molar-refractivity contribution in [3.63, 3.8) is 0 Å². The summed E-state index contributed by atoms with van der Waals surface area (Å²) in [5, 5.41) is 0. The Kier molecular flexibility index (Phi) is 4.32. The Morgan fingerprint density at radius 3 is 0.917 bits per heavy atom. The van der Waals surface area contributed by atoms with E-state index >= 15 is 0 Å². The van der Waals surface area contributed by atoms with Crippen molar-refractivity contribution in [1.82, 2.24) is 0 Å². The minimum atomic E-state index is 1.30. The Labute approximate surface area is 146 Å². The first-order valence-corrected chi connectivity index (χ1v) is 8.63. The van der Waals surface area contributed by atoms with Crippen LogP contribution in [0.2, 0.25) is 0 Å². The van der Waals surface area contributed by atoms with Gasteiger partial charge in [0.2, 0.25) is 0 Å². The molecule has 0 spiro atoms. The summed E-state index contributed by atoms with van der Waals surface area (Å²) >= 11 is 0. The third-order valence-corrected chi connectivity index (χ3v) is 4.82. The lowest BCUT2D eigenvalue weighted by atomic mass is 9.90. The van der Waals surface area contributed by atoms with Crippen molar-refractivity contribution in [2.24, 2.45) is 0 Å². The lowest BCUT2D eigenvalue weighted by Gasteiger charge is -2.14. The molecule has 0 saturated heterocycles. The monoisotopic (exact) mass is 314 g/mol. The first-order chi connectivity index (χ1) is 11.4. The van der Waals surface area contributed by atoms with Crippen LogP contribution in [0.25, 0.3) is 22.3 Å². The predicted octanol–water partition coefficient (Wildman–Crippen LogP) is 6.87. The van der Waals surface area contributed by atoms with E-state index in [1.54, 1.807) is 0 Å². The lowest BCUT2D eigenvalue weighted by molar-refractivity contribution is 1.31. The summed E-state index contributed by atoms with van der Waals surface area (Å²) in [4.78, 5) is 0. The third kappa shape index (κ3) is 3.01. The second kappa shape index (κ2) is 6.28. The quantitative estimate of drug-likeness (QED) is 0.484. The highest BCUT2D eigenvalue weighted by Crippen LogP contribution is 2.33. The first-order valence-electron chi connectivity index (χ1n) is 8.63. The molecule has 0 unspecified atom stereocenters. The molecule has 0 atom stereocenters. The van der Waals surface area contributed by atoms with Crippen molar-refractivity contribution in [3.05, 3.63) is 81.9 Å². The molecule has 0 aliphatic carbocycles. The molecule has 0 aliphatic rings. The summed E-state index contributed by atoms with van der Waals surface area (Å²) in [7, 11) is 0. The summed E-state index contributed by atoms with van der Waals surface area (Å²) in [6.07, 6.45) is 0. The van der Waals surface area contributed by atoms with Gasteiger partial charge in [-0.25, -0.2) is 0 Å². The average Bonchev–Trinajstić information content (AvgIpc) is 2.46. The van der Waals surface area contributed by atoms with Crippen LogP contribution >= 0.6 is 0 Å². The van der Waals surface area contributed by atoms with Crippen LogP contribution in [0.1, 0.15) is 33.4 Å². The zero-order valence-corrected chi connectivity index (χ0v) is 15.6. The molecular formula is C24H26. The van der Waals surface area contributed by atoms with Gasteiger partial charge in [0.05, 0.1) is 0 Å². The van der Waals surface area contributed by atoms with Crippen LogP contribution in [-0.4, -0.2) is 0 Å². The Morgan fingerprint density at radius 2 is 0.667 bits per heavy atom. The maximum atomic E-state index is 2.27. The van der Waals surface area contributed by atoms with Crippen LogP contribution in [0.15, 0.2) is 48.5 Å². The van der Waals surface area contributed by atoms with Crippen LogP contribution < -0.4 is 0 Å². The number of benzene rings is 3. The van der Waals surface area contributed by atoms with Gasteiger partial charge in [-0.3, -0.25) is 0 Å². The van der Waals surface area contributed by atoms with Crippen LogP contribution in [0.3, 0.4) is 0 Å². The van der Waals surface area contributed by atoms with E-state index in [1.807, 2.05) is 0 Å². The maximum Gasteiger partial charge on any atom is -0.0125 e. The summed E-state index contributed by atoms with van der Waals surface area (Å²) < 4.78 is 0. The fourth-order valence-corrected chi connectivity index (χ4v) is 4.07. The second-order valence-corrected chi connectivity index (χ2v) is 7.12. The van der Waals surface area contributed by atoms with Gasteiger partial charge in [-0.2, -0.15) is 0 Å². The van der Waals surface area contributed by atoms with E-state index in [9.17, 15) is 0 Å². The average molecular weight is 314 g/mol. The third-order valence-electron chi connectivity index (χ3n) is 4.82. The lowest BCUT2D eigenvalue weighted by Crippen LogP contribution is -1.92. The summed E-state index contributed by atoms with van der Waals surface area (Å²) in [6, 6.07) is 18.1. The van der Waals surface area contributed by atoms with E-state index in [2.05, 4.69) is 90.1 Å². The largest absolute Gasteiger partial charge is 0.0557 e. The molecule has 0 aliphatic heterocycles. The van der Waals surface area contributed by atoms with Gasteiger partial charge in [-0.05, 0) is 86.1 Å². The van der Waals surface area contributed by atoms with E-state index in [-0.39, 0.29) is 0 Å². The predicted molar refractivity (Wildman–Crippen MR) is 106 cm³/mol. The summed E-state index contributed by atoms with van der Waals surface area (Å²) in [6.45, 7) is 13.1. The van der Waals surface area contributed by atoms with E-state index in [0.29, 0.717) is 0 Å². The van der Waals surface area contributed by atoms with Gasteiger partial charge in [0.25, 0.3) is 0 Å². The molecule has 0 N–H and O–H groups in total. The molecule has 0 bridgehead atoms. The Hall–Kier alpha value is -2.34. The SMILES string of the molecule is Cc1cc(C)c(-c2ccc(-c3c(C)cc(C)cc3C)cc2)c(C)c1. The minimum Gasteiger partial charge on any atom is -0.0557 e. The van der Waals surface area contributed by atoms with Crippen LogP contribution in [0.5, 0.6) is 0 Å². The molecule has 0 saturated carbocycles. The molecule has 3 aromatic carbocycles. The molecule has 0 nitrogen and oxygen atoms in total. The number of hydrogen-bond acceptors (Lipinski definition) is 0. The van der Waals surface area contributed by atoms with Crippen molar-refractivity contribution in [2.75, 3.05) is 0 Å². The fourth-order valence-electron chi connectivity index (χ4n) is 4.07. The van der Waals surface area contributed by atoms with Crippen molar-refractivity contribution in [3.8, 4) is 22.3 Å². The van der Waals surface area contributed by atoms with Crippen molar-refractivity contribution in [1.29, 1.82) is 0 Å². The maximum absolute atomic E-state index is 2.27. The molecule has 0 heterocycles. The van der Waals surface area contributed by atoms with Gasteiger partial charge >= 0.3 is 0 Å². The van der Waals surface area contributed by atoms with E-state index in [4.69, 9.17) is 0 Å². The van der Waals surface area contributed by atoms with Gasteiger partial charge in [0.15, 0.2) is 0 Å². The van der Waals surface area contributed by atoms with Crippen molar-refractivity contribution >= 4 is 0 Å². The second-order valence-electron chi connectivity index (χ2n) is 7.12. The van der Waals surface area contributed by atoms with Crippen LogP contribution in [0, 0.1) is 41.5 Å². The van der Waals surface area contributed by atoms with Gasteiger partial charge in [-0.15, -0.1) is 0 Å². The highest BCUT2D eigenvalue weighted by molar-refractivity contribution is 5.77. The van der Waals surface area contributed by atoms with Gasteiger partial charge in [0, 0.05) is 0 Å². The molecule has 0 amide bonds. The molecule has 3 aromatic rings. The molecule has 0 radical (unpaired) electrons. The van der Waals surface area contributed by atoms with Crippen LogP contribution in [-0.2, 0) is 0 Å². The van der Waals surface area contributed by atoms with Crippen molar-refractivity contribution in [2.45, 2.75) is 41.5 Å². The topological polar surface area (TPSA) is 0 Å². The molecule has 24 heavy (non-hydrogen) atoms. The van der Waals surface area contributed by atoms with Crippen LogP contribution in [0.4, 0.5) is 0 Å². The standard InChI is InChI=1S/C24H26/c1-15-11-17(3)23(18(4)12-15)21-7-9-22(10-8-21)24-19(5)13-16(2)14-20(24)6/h7-14H,1-6H3. The molecule has 0 heteroatoms. The number of rotatable bonds is 2. The molecular weight excluding hydrogens is 288 g/mol. The first kappa shape index (κ1) is 16.5. The van der Waals surface area contributed by atoms with E-state index < -0.39 is 0 Å². The fraction of sp³-hybridized carbons (Fsp3) is 0.250. The summed E-state index contributed by atoms with van der Waals surface area (Å²) in [5.74, 6) is 0. The smallest absolute Gasteiger partial charge is 0.0125 e. The Morgan fingerprint density at radius 1 is 0.417 bits per heavy atom. The Bertz CT molecular complexity index is 773. The van der Waals surface area contributed by atoms with E-state index in [1.165, 1.54) is 55.6 Å². The molecule has 0 aromatic heterocycles. The van der Waals surface area contributed by atoms with E-state index in [0.717, 1.165) is 0 Å². The minimum absolute atomic E-state index is 1.30. The summed E-state index contributed by atoms with van der Waals surface area (Å²) in [5.41, 5.74) is 13.4.